The van der Waals surface area contributed by atoms with Gasteiger partial charge in [0.1, 0.15) is 0 Å². The molecule has 86 valence electrons. The smallest absolute Gasteiger partial charge is 0.310 e. The van der Waals surface area contributed by atoms with Crippen LogP contribution in [0.4, 0.5) is 5.69 Å². The Hall–Kier alpha value is -1.62. The molecule has 2 rings (SSSR count). The minimum atomic E-state index is -0.584. The molecule has 0 amide bonds. The van der Waals surface area contributed by atoms with E-state index in [1.165, 1.54) is 12.1 Å². The Bertz CT molecular complexity index is 457. The summed E-state index contributed by atoms with van der Waals surface area (Å²) in [4.78, 5) is 10.1. The lowest BCUT2D eigenvalue weighted by Crippen LogP contribution is -2.06. The van der Waals surface area contributed by atoms with E-state index in [0.29, 0.717) is 0 Å². The van der Waals surface area contributed by atoms with Crippen LogP contribution in [-0.4, -0.2) is 16.1 Å². The topological polar surface area (TPSA) is 89.4 Å². The number of hydrogen-bond donors (Lipinski definition) is 2. The molecule has 0 unspecified atom stereocenters. The van der Waals surface area contributed by atoms with Crippen molar-refractivity contribution in [2.24, 2.45) is 11.1 Å². The predicted octanol–water partition coefficient (Wildman–Crippen LogP) is 1.75. The first kappa shape index (κ1) is 10.9. The molecular formula is C11H14N2O3. The molecule has 1 aliphatic rings. The molecule has 0 aliphatic heterocycles. The Balaban J connectivity index is 2.39. The van der Waals surface area contributed by atoms with Crippen molar-refractivity contribution in [1.82, 2.24) is 0 Å². The van der Waals surface area contributed by atoms with Crippen LogP contribution in [0.1, 0.15) is 25.3 Å². The van der Waals surface area contributed by atoms with Crippen molar-refractivity contribution >= 4 is 5.69 Å². The average molecular weight is 222 g/mol. The predicted molar refractivity (Wildman–Crippen MR) is 59.3 cm³/mol. The first-order valence-corrected chi connectivity index (χ1v) is 5.08. The number of benzene rings is 1. The average Bonchev–Trinajstić information content (AvgIpc) is 2.67. The number of nitrogens with two attached hydrogens (primary N) is 1. The molecule has 1 aromatic rings. The van der Waals surface area contributed by atoms with Gasteiger partial charge in [0.2, 0.25) is 0 Å². The van der Waals surface area contributed by atoms with Crippen LogP contribution in [-0.2, 0) is 0 Å². The lowest BCUT2D eigenvalue weighted by molar-refractivity contribution is -0.385. The first-order chi connectivity index (χ1) is 7.35. The molecule has 0 heterocycles. The van der Waals surface area contributed by atoms with Gasteiger partial charge in [-0.05, 0) is 17.0 Å². The van der Waals surface area contributed by atoms with E-state index in [0.717, 1.165) is 5.56 Å². The van der Waals surface area contributed by atoms with Gasteiger partial charge in [0.25, 0.3) is 0 Å². The van der Waals surface area contributed by atoms with Gasteiger partial charge in [0.15, 0.2) is 5.75 Å². The van der Waals surface area contributed by atoms with Crippen LogP contribution >= 0.6 is 0 Å². The van der Waals surface area contributed by atoms with Crippen molar-refractivity contribution in [3.63, 3.8) is 0 Å². The molecule has 5 nitrogen and oxygen atoms in total. The zero-order valence-electron chi connectivity index (χ0n) is 9.18. The number of phenols is 1. The summed E-state index contributed by atoms with van der Waals surface area (Å²) in [7, 11) is 0. The number of nitro benzene ring substituents is 1. The molecule has 16 heavy (non-hydrogen) atoms. The third-order valence-corrected chi connectivity index (χ3v) is 3.47. The van der Waals surface area contributed by atoms with Crippen molar-refractivity contribution in [2.75, 3.05) is 0 Å². The van der Waals surface area contributed by atoms with E-state index in [1.807, 2.05) is 13.8 Å². The van der Waals surface area contributed by atoms with Gasteiger partial charge in [0, 0.05) is 18.0 Å². The van der Waals surface area contributed by atoms with Gasteiger partial charge >= 0.3 is 5.69 Å². The number of nitrogens with zero attached hydrogens (tertiary/aromatic N) is 1. The number of nitro groups is 1. The van der Waals surface area contributed by atoms with E-state index in [1.54, 1.807) is 6.07 Å². The Kier molecular flexibility index (Phi) is 2.17. The standard InChI is InChI=1S/C11H14N2O3/c1-11(2)9(10(11)12)6-3-4-8(14)7(5-6)13(15)16/h3-5,9-10,14H,12H2,1-2H3/t9-,10-/m1/s1. The number of phenolic OH excluding ortho intramolecular Hbond substituents is 1. The monoisotopic (exact) mass is 222 g/mol. The van der Waals surface area contributed by atoms with Crippen molar-refractivity contribution in [2.45, 2.75) is 25.8 Å². The number of rotatable bonds is 2. The van der Waals surface area contributed by atoms with E-state index < -0.39 is 4.92 Å². The van der Waals surface area contributed by atoms with Crippen LogP contribution in [0.2, 0.25) is 0 Å². The summed E-state index contributed by atoms with van der Waals surface area (Å²) >= 11 is 0. The molecule has 0 spiro atoms. The highest BCUT2D eigenvalue weighted by atomic mass is 16.6. The lowest BCUT2D eigenvalue weighted by Gasteiger charge is -2.03. The molecule has 0 radical (unpaired) electrons. The van der Waals surface area contributed by atoms with Crippen LogP contribution < -0.4 is 5.73 Å². The van der Waals surface area contributed by atoms with Gasteiger partial charge in [-0.1, -0.05) is 19.9 Å². The summed E-state index contributed by atoms with van der Waals surface area (Å²) in [5.74, 6) is -0.174. The maximum atomic E-state index is 10.7. The summed E-state index contributed by atoms with van der Waals surface area (Å²) in [6, 6.07) is 4.49. The Morgan fingerprint density at radius 3 is 2.50 bits per heavy atom. The second-order valence-corrected chi connectivity index (χ2v) is 4.83. The maximum Gasteiger partial charge on any atom is 0.310 e. The van der Waals surface area contributed by atoms with Gasteiger partial charge in [-0.15, -0.1) is 0 Å². The van der Waals surface area contributed by atoms with Crippen molar-refractivity contribution in [3.05, 3.63) is 33.9 Å². The van der Waals surface area contributed by atoms with Gasteiger partial charge in [0.05, 0.1) is 4.92 Å². The fourth-order valence-corrected chi connectivity index (χ4v) is 2.19. The summed E-state index contributed by atoms with van der Waals surface area (Å²) in [6.45, 7) is 4.06. The molecular weight excluding hydrogens is 208 g/mol. The highest BCUT2D eigenvalue weighted by Crippen LogP contribution is 2.57. The highest BCUT2D eigenvalue weighted by molar-refractivity contribution is 5.50. The van der Waals surface area contributed by atoms with Gasteiger partial charge in [-0.25, -0.2) is 0 Å². The van der Waals surface area contributed by atoms with Crippen LogP contribution in [0, 0.1) is 15.5 Å². The third-order valence-electron chi connectivity index (χ3n) is 3.47. The SMILES string of the molecule is CC1(C)[C@H](N)[C@H]1c1ccc(O)c([N+](=O)[O-])c1. The second-order valence-electron chi connectivity index (χ2n) is 4.83. The number of aromatic hydroxyl groups is 1. The fourth-order valence-electron chi connectivity index (χ4n) is 2.19. The molecule has 1 saturated carbocycles. The molecule has 1 aliphatic carbocycles. The van der Waals surface area contributed by atoms with E-state index in [-0.39, 0.29) is 28.8 Å². The largest absolute Gasteiger partial charge is 0.502 e. The van der Waals surface area contributed by atoms with E-state index in [9.17, 15) is 15.2 Å². The van der Waals surface area contributed by atoms with Crippen LogP contribution in [0.3, 0.4) is 0 Å². The minimum absolute atomic E-state index is 0.0230. The number of hydrogen-bond acceptors (Lipinski definition) is 4. The molecule has 1 fully saturated rings. The quantitative estimate of drug-likeness (QED) is 0.589. The molecule has 0 aromatic heterocycles. The lowest BCUT2D eigenvalue weighted by atomic mass is 10.0. The van der Waals surface area contributed by atoms with E-state index >= 15 is 0 Å². The van der Waals surface area contributed by atoms with E-state index in [4.69, 9.17) is 5.73 Å². The zero-order chi connectivity index (χ0) is 12.1. The maximum absolute atomic E-state index is 10.7. The molecule has 1 aromatic carbocycles. The van der Waals surface area contributed by atoms with Crippen molar-refractivity contribution in [1.29, 1.82) is 0 Å². The highest BCUT2D eigenvalue weighted by Gasteiger charge is 2.56. The zero-order valence-corrected chi connectivity index (χ0v) is 9.18. The molecule has 2 atom stereocenters. The molecule has 3 N–H and O–H groups in total. The molecule has 5 heteroatoms. The van der Waals surface area contributed by atoms with Crippen molar-refractivity contribution < 1.29 is 10.0 Å². The Labute approximate surface area is 93.0 Å². The van der Waals surface area contributed by atoms with Crippen molar-refractivity contribution in [3.8, 4) is 5.75 Å². The van der Waals surface area contributed by atoms with Crippen LogP contribution in [0.15, 0.2) is 18.2 Å². The minimum Gasteiger partial charge on any atom is -0.502 e. The third kappa shape index (κ3) is 1.44. The summed E-state index contributed by atoms with van der Waals surface area (Å²) in [5, 5.41) is 20.0. The van der Waals surface area contributed by atoms with Crippen LogP contribution in [0.5, 0.6) is 5.75 Å². The van der Waals surface area contributed by atoms with Crippen LogP contribution in [0.25, 0.3) is 0 Å². The molecule has 0 bridgehead atoms. The fraction of sp³-hybridized carbons (Fsp3) is 0.455. The Morgan fingerprint density at radius 2 is 2.06 bits per heavy atom. The van der Waals surface area contributed by atoms with Gasteiger partial charge < -0.3 is 10.8 Å². The summed E-state index contributed by atoms with van der Waals surface area (Å²) in [6.07, 6.45) is 0. The Morgan fingerprint density at radius 1 is 1.50 bits per heavy atom. The van der Waals surface area contributed by atoms with Gasteiger partial charge in [-0.3, -0.25) is 10.1 Å². The summed E-state index contributed by atoms with van der Waals surface area (Å²) < 4.78 is 0. The first-order valence-electron chi connectivity index (χ1n) is 5.08. The molecule has 0 saturated heterocycles. The second kappa shape index (κ2) is 3.18. The van der Waals surface area contributed by atoms with Gasteiger partial charge in [-0.2, -0.15) is 0 Å². The normalized spacial score (nSPS) is 26.4. The van der Waals surface area contributed by atoms with E-state index in [2.05, 4.69) is 0 Å². The summed E-state index contributed by atoms with van der Waals surface area (Å²) in [5.41, 5.74) is 6.45.